The molecule has 0 bridgehead atoms. The molecule has 0 aromatic rings. The van der Waals surface area contributed by atoms with Gasteiger partial charge in [-0.3, -0.25) is 0 Å². The van der Waals surface area contributed by atoms with Crippen molar-refractivity contribution in [3.05, 3.63) is 36.5 Å². The molecule has 0 saturated carbocycles. The quantitative estimate of drug-likeness (QED) is 0.553. The van der Waals surface area contributed by atoms with E-state index in [1.807, 2.05) is 0 Å². The first-order chi connectivity index (χ1) is 5.20. The summed E-state index contributed by atoms with van der Waals surface area (Å²) in [6, 6.07) is 0. The van der Waals surface area contributed by atoms with Crippen LogP contribution in [0.2, 0.25) is 0 Å². The maximum absolute atomic E-state index is 4.03. The lowest BCUT2D eigenvalue weighted by Crippen LogP contribution is -2.17. The van der Waals surface area contributed by atoms with Crippen LogP contribution < -0.4 is 0 Å². The van der Waals surface area contributed by atoms with Gasteiger partial charge in [-0.15, -0.1) is 0 Å². The van der Waals surface area contributed by atoms with Gasteiger partial charge in [-0.2, -0.15) is 0 Å². The van der Waals surface area contributed by atoms with Gasteiger partial charge in [-0.25, -0.2) is 0 Å². The molecule has 1 aliphatic carbocycles. The van der Waals surface area contributed by atoms with Gasteiger partial charge in [0.05, 0.1) is 0 Å². The van der Waals surface area contributed by atoms with Crippen LogP contribution in [0.25, 0.3) is 0 Å². The summed E-state index contributed by atoms with van der Waals surface area (Å²) >= 11 is 0. The van der Waals surface area contributed by atoms with Gasteiger partial charge in [-0.1, -0.05) is 36.5 Å². The van der Waals surface area contributed by atoms with E-state index in [9.17, 15) is 0 Å². The average Bonchev–Trinajstić information content (AvgIpc) is 2.35. The molecule has 0 radical (unpaired) electrons. The third-order valence-corrected chi connectivity index (χ3v) is 1.74. The maximum Gasteiger partial charge on any atom is 0.0193 e. The van der Waals surface area contributed by atoms with Crippen molar-refractivity contribution in [1.29, 1.82) is 0 Å². The number of likely N-dealkylation sites (N-methyl/N-ethyl adjacent to an activating group) is 1. The SMILES string of the molecule is C=C(CN(C)C)C1C=CC=C1. The first-order valence-corrected chi connectivity index (χ1v) is 3.87. The van der Waals surface area contributed by atoms with Crippen molar-refractivity contribution in [2.24, 2.45) is 5.92 Å². The predicted molar refractivity (Wildman–Crippen MR) is 49.5 cm³/mol. The Bertz CT molecular complexity index is 187. The Balaban J connectivity index is 2.42. The lowest BCUT2D eigenvalue weighted by atomic mass is 10.0. The van der Waals surface area contributed by atoms with Gasteiger partial charge in [-0.05, 0) is 14.1 Å². The number of nitrogens with zero attached hydrogens (tertiary/aromatic N) is 1. The normalized spacial score (nSPS) is 16.6. The minimum Gasteiger partial charge on any atom is -0.305 e. The predicted octanol–water partition coefficient (Wildman–Crippen LogP) is 1.85. The highest BCUT2D eigenvalue weighted by Crippen LogP contribution is 2.17. The molecule has 0 amide bonds. The van der Waals surface area contributed by atoms with Crippen LogP contribution in [0.15, 0.2) is 36.5 Å². The molecule has 0 aromatic carbocycles. The van der Waals surface area contributed by atoms with E-state index in [2.05, 4.69) is 49.9 Å². The molecular weight excluding hydrogens is 134 g/mol. The van der Waals surface area contributed by atoms with Crippen LogP contribution in [0, 0.1) is 5.92 Å². The van der Waals surface area contributed by atoms with Gasteiger partial charge in [0.25, 0.3) is 0 Å². The smallest absolute Gasteiger partial charge is 0.0193 e. The van der Waals surface area contributed by atoms with E-state index < -0.39 is 0 Å². The lowest BCUT2D eigenvalue weighted by Gasteiger charge is -2.14. The molecule has 0 N–H and O–H groups in total. The molecule has 1 aliphatic rings. The van der Waals surface area contributed by atoms with Crippen molar-refractivity contribution in [3.63, 3.8) is 0 Å². The Kier molecular flexibility index (Phi) is 2.66. The fourth-order valence-corrected chi connectivity index (χ4v) is 1.22. The molecule has 0 atom stereocenters. The number of hydrogen-bond donors (Lipinski definition) is 0. The largest absolute Gasteiger partial charge is 0.305 e. The minimum atomic E-state index is 0.470. The Morgan fingerprint density at radius 1 is 1.36 bits per heavy atom. The Morgan fingerprint density at radius 2 is 1.91 bits per heavy atom. The first-order valence-electron chi connectivity index (χ1n) is 3.87. The van der Waals surface area contributed by atoms with Crippen molar-refractivity contribution in [2.45, 2.75) is 0 Å². The first kappa shape index (κ1) is 8.28. The molecule has 0 aromatic heterocycles. The summed E-state index contributed by atoms with van der Waals surface area (Å²) in [6.45, 7) is 5.00. The highest BCUT2D eigenvalue weighted by Gasteiger charge is 2.07. The topological polar surface area (TPSA) is 3.24 Å². The Morgan fingerprint density at radius 3 is 2.36 bits per heavy atom. The summed E-state index contributed by atoms with van der Waals surface area (Å²) in [5.41, 5.74) is 1.26. The van der Waals surface area contributed by atoms with Crippen LogP contribution in [0.5, 0.6) is 0 Å². The third-order valence-electron chi connectivity index (χ3n) is 1.74. The van der Waals surface area contributed by atoms with E-state index in [-0.39, 0.29) is 0 Å². The van der Waals surface area contributed by atoms with Gasteiger partial charge >= 0.3 is 0 Å². The maximum atomic E-state index is 4.03. The zero-order valence-electron chi connectivity index (χ0n) is 7.25. The summed E-state index contributed by atoms with van der Waals surface area (Å²) in [7, 11) is 4.13. The van der Waals surface area contributed by atoms with Crippen LogP contribution in [0.3, 0.4) is 0 Å². The van der Waals surface area contributed by atoms with Crippen molar-refractivity contribution < 1.29 is 0 Å². The number of rotatable bonds is 3. The summed E-state index contributed by atoms with van der Waals surface area (Å²) in [4.78, 5) is 2.14. The average molecular weight is 149 g/mol. The zero-order valence-corrected chi connectivity index (χ0v) is 7.25. The molecular formula is C10H15N. The van der Waals surface area contributed by atoms with Crippen LogP contribution in [-0.2, 0) is 0 Å². The van der Waals surface area contributed by atoms with Gasteiger partial charge in [0.15, 0.2) is 0 Å². The molecule has 0 fully saturated rings. The Labute approximate surface area is 68.7 Å². The number of hydrogen-bond acceptors (Lipinski definition) is 1. The van der Waals surface area contributed by atoms with Crippen molar-refractivity contribution >= 4 is 0 Å². The Hall–Kier alpha value is -0.820. The van der Waals surface area contributed by atoms with Crippen LogP contribution in [0.4, 0.5) is 0 Å². The summed E-state index contributed by atoms with van der Waals surface area (Å²) < 4.78 is 0. The fourth-order valence-electron chi connectivity index (χ4n) is 1.22. The van der Waals surface area contributed by atoms with Gasteiger partial charge < -0.3 is 4.90 Å². The zero-order chi connectivity index (χ0) is 8.27. The van der Waals surface area contributed by atoms with Crippen molar-refractivity contribution in [1.82, 2.24) is 4.90 Å². The second-order valence-corrected chi connectivity index (χ2v) is 3.19. The third kappa shape index (κ3) is 2.35. The lowest BCUT2D eigenvalue weighted by molar-refractivity contribution is 0.437. The summed E-state index contributed by atoms with van der Waals surface area (Å²) in [6.07, 6.45) is 8.49. The van der Waals surface area contributed by atoms with Crippen molar-refractivity contribution in [2.75, 3.05) is 20.6 Å². The van der Waals surface area contributed by atoms with E-state index >= 15 is 0 Å². The minimum absolute atomic E-state index is 0.470. The second kappa shape index (κ2) is 3.54. The summed E-state index contributed by atoms with van der Waals surface area (Å²) in [5, 5.41) is 0. The van der Waals surface area contributed by atoms with Crippen LogP contribution in [0.1, 0.15) is 0 Å². The molecule has 11 heavy (non-hydrogen) atoms. The highest BCUT2D eigenvalue weighted by molar-refractivity contribution is 5.27. The molecule has 0 unspecified atom stereocenters. The van der Waals surface area contributed by atoms with Crippen LogP contribution in [-0.4, -0.2) is 25.5 Å². The van der Waals surface area contributed by atoms with Gasteiger partial charge in [0.2, 0.25) is 0 Å². The van der Waals surface area contributed by atoms with E-state index in [0.717, 1.165) is 6.54 Å². The molecule has 1 heteroatoms. The van der Waals surface area contributed by atoms with Gasteiger partial charge in [0, 0.05) is 12.5 Å². The standard InChI is InChI=1S/C10H15N/c1-9(8-11(2)3)10-6-4-5-7-10/h4-7,10H,1,8H2,2-3H3. The molecule has 1 nitrogen and oxygen atoms in total. The fraction of sp³-hybridized carbons (Fsp3) is 0.400. The molecule has 0 aliphatic heterocycles. The van der Waals surface area contributed by atoms with E-state index in [1.165, 1.54) is 5.57 Å². The van der Waals surface area contributed by atoms with Crippen LogP contribution >= 0.6 is 0 Å². The monoisotopic (exact) mass is 149 g/mol. The van der Waals surface area contributed by atoms with E-state index in [4.69, 9.17) is 0 Å². The van der Waals surface area contributed by atoms with Crippen molar-refractivity contribution in [3.8, 4) is 0 Å². The molecule has 0 heterocycles. The second-order valence-electron chi connectivity index (χ2n) is 3.19. The van der Waals surface area contributed by atoms with E-state index in [1.54, 1.807) is 0 Å². The molecule has 60 valence electrons. The molecule has 1 rings (SSSR count). The highest BCUT2D eigenvalue weighted by atomic mass is 15.0. The molecule has 0 spiro atoms. The number of allylic oxidation sites excluding steroid dienone is 4. The van der Waals surface area contributed by atoms with Gasteiger partial charge in [0.1, 0.15) is 0 Å². The molecule has 0 saturated heterocycles. The summed E-state index contributed by atoms with van der Waals surface area (Å²) in [5.74, 6) is 0.470. The van der Waals surface area contributed by atoms with E-state index in [0.29, 0.717) is 5.92 Å².